The van der Waals surface area contributed by atoms with Gasteiger partial charge in [0.15, 0.2) is 0 Å². The summed E-state index contributed by atoms with van der Waals surface area (Å²) in [5.74, 6) is 1.58. The number of hydrogen-bond donors (Lipinski definition) is 1. The molecule has 1 N–H and O–H groups in total. The van der Waals surface area contributed by atoms with Crippen LogP contribution in [0, 0.1) is 5.92 Å². The van der Waals surface area contributed by atoms with Crippen molar-refractivity contribution in [2.75, 3.05) is 40.0 Å². The highest BCUT2D eigenvalue weighted by Gasteiger charge is 2.24. The van der Waals surface area contributed by atoms with Crippen molar-refractivity contribution in [1.29, 1.82) is 0 Å². The van der Waals surface area contributed by atoms with E-state index >= 15 is 0 Å². The Balaban J connectivity index is 1.91. The minimum absolute atomic E-state index is 0.281. The molecule has 0 saturated heterocycles. The molecular formula is C27H36ClN3O4. The van der Waals surface area contributed by atoms with E-state index in [4.69, 9.17) is 30.9 Å². The number of nitrogens with zero attached hydrogens (tertiary/aromatic N) is 3. The van der Waals surface area contributed by atoms with Crippen LogP contribution in [0.25, 0.3) is 11.3 Å². The molecule has 190 valence electrons. The van der Waals surface area contributed by atoms with Gasteiger partial charge in [-0.25, -0.2) is 4.68 Å². The lowest BCUT2D eigenvalue weighted by Gasteiger charge is -2.25. The molecule has 0 aliphatic carbocycles. The van der Waals surface area contributed by atoms with E-state index in [9.17, 15) is 5.11 Å². The first-order chi connectivity index (χ1) is 16.9. The third kappa shape index (κ3) is 8.05. The van der Waals surface area contributed by atoms with Crippen LogP contribution < -0.4 is 4.74 Å². The highest BCUT2D eigenvalue weighted by Crippen LogP contribution is 2.36. The summed E-state index contributed by atoms with van der Waals surface area (Å²) in [5, 5.41) is 16.0. The number of benzene rings is 2. The predicted octanol–water partition coefficient (Wildman–Crippen LogP) is 5.01. The van der Waals surface area contributed by atoms with Crippen molar-refractivity contribution in [2.45, 2.75) is 26.5 Å². The van der Waals surface area contributed by atoms with Crippen molar-refractivity contribution in [3.05, 3.63) is 65.2 Å². The Morgan fingerprint density at radius 1 is 1.06 bits per heavy atom. The first kappa shape index (κ1) is 27.2. The summed E-state index contributed by atoms with van der Waals surface area (Å²) < 4.78 is 19.0. The molecule has 1 aromatic heterocycles. The van der Waals surface area contributed by atoms with Gasteiger partial charge >= 0.3 is 0 Å². The van der Waals surface area contributed by atoms with E-state index in [0.29, 0.717) is 55.4 Å². The second-order valence-electron chi connectivity index (χ2n) is 8.97. The van der Waals surface area contributed by atoms with Crippen LogP contribution in [-0.4, -0.2) is 65.9 Å². The Hall–Kier alpha value is -2.42. The molecule has 3 aromatic rings. The molecule has 0 radical (unpaired) electrons. The molecule has 0 aliphatic heterocycles. The van der Waals surface area contributed by atoms with Crippen molar-refractivity contribution < 1.29 is 19.3 Å². The van der Waals surface area contributed by atoms with Gasteiger partial charge in [0.1, 0.15) is 11.4 Å². The molecule has 35 heavy (non-hydrogen) atoms. The Labute approximate surface area is 213 Å². The Kier molecular flexibility index (Phi) is 10.6. The maximum Gasteiger partial charge on any atom is 0.222 e. The van der Waals surface area contributed by atoms with E-state index in [2.05, 4.69) is 18.7 Å². The quantitative estimate of drug-likeness (QED) is 0.334. The molecule has 0 amide bonds. The Bertz CT molecular complexity index is 1040. The fourth-order valence-corrected chi connectivity index (χ4v) is 3.93. The number of aromatic nitrogens is 2. The summed E-state index contributed by atoms with van der Waals surface area (Å²) in [5.41, 5.74) is 2.72. The van der Waals surface area contributed by atoms with E-state index in [1.54, 1.807) is 17.9 Å². The molecule has 0 saturated carbocycles. The van der Waals surface area contributed by atoms with Gasteiger partial charge in [-0.1, -0.05) is 67.9 Å². The third-order valence-corrected chi connectivity index (χ3v) is 5.71. The number of aryl methyl sites for hydroxylation is 1. The van der Waals surface area contributed by atoms with Gasteiger partial charge in [0, 0.05) is 46.0 Å². The number of aliphatic hydroxyl groups is 1. The molecule has 0 fully saturated rings. The molecule has 1 heterocycles. The maximum atomic E-state index is 10.7. The summed E-state index contributed by atoms with van der Waals surface area (Å²) in [7, 11) is 3.53. The molecule has 0 aliphatic rings. The van der Waals surface area contributed by atoms with Crippen LogP contribution in [0.2, 0.25) is 5.02 Å². The predicted molar refractivity (Wildman–Crippen MR) is 139 cm³/mol. The van der Waals surface area contributed by atoms with Crippen molar-refractivity contribution in [3.63, 3.8) is 0 Å². The van der Waals surface area contributed by atoms with Crippen LogP contribution in [0.15, 0.2) is 54.6 Å². The molecule has 0 unspecified atom stereocenters. The van der Waals surface area contributed by atoms with Gasteiger partial charge < -0.3 is 19.3 Å². The van der Waals surface area contributed by atoms with E-state index in [-0.39, 0.29) is 6.61 Å². The van der Waals surface area contributed by atoms with Gasteiger partial charge in [-0.05, 0) is 18.1 Å². The molecule has 1 atom stereocenters. The molecule has 0 bridgehead atoms. The normalized spacial score (nSPS) is 12.5. The number of hydrogen-bond acceptors (Lipinski definition) is 6. The lowest BCUT2D eigenvalue weighted by molar-refractivity contribution is 0.00329. The molecule has 8 heteroatoms. The molecule has 2 aromatic carbocycles. The first-order valence-electron chi connectivity index (χ1n) is 11.9. The monoisotopic (exact) mass is 501 g/mol. The van der Waals surface area contributed by atoms with Crippen LogP contribution in [0.1, 0.15) is 19.4 Å². The number of aliphatic hydroxyl groups excluding tert-OH is 1. The smallest absolute Gasteiger partial charge is 0.222 e. The molecular weight excluding hydrogens is 466 g/mol. The summed E-state index contributed by atoms with van der Waals surface area (Å²) in [6.07, 6.45) is -0.629. The second-order valence-corrected chi connectivity index (χ2v) is 9.37. The van der Waals surface area contributed by atoms with Crippen molar-refractivity contribution >= 4 is 11.6 Å². The van der Waals surface area contributed by atoms with Gasteiger partial charge in [0.25, 0.3) is 0 Å². The van der Waals surface area contributed by atoms with E-state index in [1.165, 1.54) is 0 Å². The van der Waals surface area contributed by atoms with Crippen LogP contribution in [0.3, 0.4) is 0 Å². The van der Waals surface area contributed by atoms with E-state index in [1.807, 2.05) is 55.6 Å². The maximum absolute atomic E-state index is 10.7. The van der Waals surface area contributed by atoms with Gasteiger partial charge in [-0.3, -0.25) is 4.90 Å². The minimum Gasteiger partial charge on any atom is -0.437 e. The fraction of sp³-hybridized carbons (Fsp3) is 0.444. The topological polar surface area (TPSA) is 69.0 Å². The molecule has 7 nitrogen and oxygen atoms in total. The van der Waals surface area contributed by atoms with Gasteiger partial charge in [-0.15, -0.1) is 0 Å². The van der Waals surface area contributed by atoms with Crippen LogP contribution in [-0.2, 0) is 23.1 Å². The number of ether oxygens (including phenoxy) is 3. The highest BCUT2D eigenvalue weighted by atomic mass is 35.5. The van der Waals surface area contributed by atoms with E-state index in [0.717, 1.165) is 16.8 Å². The number of methoxy groups -OCH3 is 1. The van der Waals surface area contributed by atoms with Crippen LogP contribution in [0.4, 0.5) is 0 Å². The summed E-state index contributed by atoms with van der Waals surface area (Å²) in [6, 6.07) is 17.4. The van der Waals surface area contributed by atoms with Crippen molar-refractivity contribution in [2.24, 2.45) is 13.0 Å². The average Bonchev–Trinajstić information content (AvgIpc) is 3.14. The largest absolute Gasteiger partial charge is 0.437 e. The lowest BCUT2D eigenvalue weighted by Crippen LogP contribution is -2.37. The molecule has 0 spiro atoms. The van der Waals surface area contributed by atoms with Gasteiger partial charge in [0.2, 0.25) is 5.88 Å². The fourth-order valence-electron chi connectivity index (χ4n) is 3.75. The van der Waals surface area contributed by atoms with Crippen LogP contribution in [0.5, 0.6) is 11.6 Å². The zero-order chi connectivity index (χ0) is 25.2. The summed E-state index contributed by atoms with van der Waals surface area (Å²) >= 11 is 6.39. The summed E-state index contributed by atoms with van der Waals surface area (Å²) in [4.78, 5) is 2.13. The highest BCUT2D eigenvalue weighted by molar-refractivity contribution is 6.32. The Morgan fingerprint density at radius 3 is 2.46 bits per heavy atom. The van der Waals surface area contributed by atoms with Crippen LogP contribution >= 0.6 is 11.6 Å². The van der Waals surface area contributed by atoms with Gasteiger partial charge in [0.05, 0.1) is 29.9 Å². The second kappa shape index (κ2) is 13.6. The SMILES string of the molecule is COCCN(Cc1c(-c2ccccc2)nn(C)c1Oc1ccccc1Cl)C[C@H](O)COCC(C)C. The zero-order valence-electron chi connectivity index (χ0n) is 21.0. The number of para-hydroxylation sites is 1. The number of rotatable bonds is 14. The minimum atomic E-state index is -0.629. The van der Waals surface area contributed by atoms with Crippen molar-refractivity contribution in [1.82, 2.24) is 14.7 Å². The summed E-state index contributed by atoms with van der Waals surface area (Å²) in [6.45, 7) is 7.16. The average molecular weight is 502 g/mol. The Morgan fingerprint density at radius 2 is 1.77 bits per heavy atom. The van der Waals surface area contributed by atoms with Crippen molar-refractivity contribution in [3.8, 4) is 22.9 Å². The first-order valence-corrected chi connectivity index (χ1v) is 12.3. The molecule has 3 rings (SSSR count). The van der Waals surface area contributed by atoms with E-state index < -0.39 is 6.10 Å². The standard InChI is InChI=1S/C27H36ClN3O4/c1-20(2)18-34-19-22(32)16-31(14-15-33-4)17-23-26(21-10-6-5-7-11-21)29-30(3)27(23)35-25-13-9-8-12-24(25)28/h5-13,20,22,32H,14-19H2,1-4H3/t22-/m0/s1. The number of halogens is 1. The third-order valence-electron chi connectivity index (χ3n) is 5.40. The van der Waals surface area contributed by atoms with Gasteiger partial charge in [-0.2, -0.15) is 5.10 Å². The zero-order valence-corrected chi connectivity index (χ0v) is 21.7. The lowest BCUT2D eigenvalue weighted by atomic mass is 10.1.